The van der Waals surface area contributed by atoms with E-state index in [4.69, 9.17) is 0 Å². The number of alkyl halides is 2. The molecule has 2 nitrogen and oxygen atoms in total. The second-order valence-electron chi connectivity index (χ2n) is 3.37. The van der Waals surface area contributed by atoms with E-state index in [1.54, 1.807) is 12.2 Å². The van der Waals surface area contributed by atoms with E-state index in [0.29, 0.717) is 6.54 Å². The minimum absolute atomic E-state index is 0.103. The van der Waals surface area contributed by atoms with E-state index in [9.17, 15) is 8.78 Å². The molecule has 0 bridgehead atoms. The quantitative estimate of drug-likeness (QED) is 0.535. The van der Waals surface area contributed by atoms with Gasteiger partial charge in [-0.25, -0.2) is 8.78 Å². The molecule has 0 aromatic rings. The lowest BCUT2D eigenvalue weighted by molar-refractivity contribution is 0.0126. The molecule has 0 aliphatic carbocycles. The average molecular weight is 230 g/mol. The van der Waals surface area contributed by atoms with Crippen molar-refractivity contribution in [1.82, 2.24) is 5.01 Å². The zero-order chi connectivity index (χ0) is 12.6. The Labute approximate surface area is 96.3 Å². The van der Waals surface area contributed by atoms with Crippen molar-refractivity contribution in [2.24, 2.45) is 5.10 Å². The Balaban J connectivity index is 0.00000106. The molecule has 1 aliphatic heterocycles. The monoisotopic (exact) mass is 230 g/mol. The molecule has 0 atom stereocenters. The second-order valence-corrected chi connectivity index (χ2v) is 3.37. The summed E-state index contributed by atoms with van der Waals surface area (Å²) in [6.07, 6.45) is 4.85. The van der Waals surface area contributed by atoms with Crippen LogP contribution in [0.2, 0.25) is 0 Å². The van der Waals surface area contributed by atoms with Gasteiger partial charge in [0.15, 0.2) is 0 Å². The molecule has 0 radical (unpaired) electrons. The van der Waals surface area contributed by atoms with E-state index < -0.39 is 5.92 Å². The van der Waals surface area contributed by atoms with Crippen LogP contribution in [0.1, 0.15) is 27.2 Å². The Morgan fingerprint density at radius 2 is 2.06 bits per heavy atom. The Hall–Kier alpha value is -1.19. The van der Waals surface area contributed by atoms with Gasteiger partial charge in [-0.2, -0.15) is 5.10 Å². The standard InChI is InChI=1S/C10H14F2N2.C2H6/c1-3-9(2)4-6-13-14-7-5-10(11,12)8-14;1-2/h3-4,6H,1,5,7-8H2,2H3;1-2H3/b9-4-,13-6-;. The molecule has 0 amide bonds. The fraction of sp³-hybridized carbons (Fsp3) is 0.583. The van der Waals surface area contributed by atoms with Gasteiger partial charge in [-0.05, 0) is 13.0 Å². The first-order valence-corrected chi connectivity index (χ1v) is 5.49. The van der Waals surface area contributed by atoms with Crippen LogP contribution in [0.25, 0.3) is 0 Å². The van der Waals surface area contributed by atoms with Crippen molar-refractivity contribution >= 4 is 6.21 Å². The maximum absolute atomic E-state index is 12.7. The molecule has 0 unspecified atom stereocenters. The summed E-state index contributed by atoms with van der Waals surface area (Å²) < 4.78 is 25.4. The highest BCUT2D eigenvalue weighted by atomic mass is 19.3. The lowest BCUT2D eigenvalue weighted by Crippen LogP contribution is -2.20. The molecule has 1 rings (SSSR count). The highest BCUT2D eigenvalue weighted by Crippen LogP contribution is 2.26. The van der Waals surface area contributed by atoms with Crippen LogP contribution in [-0.4, -0.2) is 30.2 Å². The summed E-state index contributed by atoms with van der Waals surface area (Å²) in [7, 11) is 0. The average Bonchev–Trinajstić information content (AvgIpc) is 2.61. The van der Waals surface area contributed by atoms with E-state index in [-0.39, 0.29) is 13.0 Å². The topological polar surface area (TPSA) is 15.6 Å². The highest BCUT2D eigenvalue weighted by molar-refractivity contribution is 5.72. The number of hydrogen-bond donors (Lipinski definition) is 0. The van der Waals surface area contributed by atoms with Crippen molar-refractivity contribution in [2.75, 3.05) is 13.1 Å². The zero-order valence-corrected chi connectivity index (χ0v) is 10.2. The molecule has 0 saturated carbocycles. The summed E-state index contributed by atoms with van der Waals surface area (Å²) in [5, 5.41) is 5.29. The van der Waals surface area contributed by atoms with E-state index >= 15 is 0 Å². The van der Waals surface area contributed by atoms with Gasteiger partial charge in [-0.1, -0.05) is 32.1 Å². The van der Waals surface area contributed by atoms with Gasteiger partial charge in [0.2, 0.25) is 0 Å². The van der Waals surface area contributed by atoms with Crippen molar-refractivity contribution in [3.8, 4) is 0 Å². The molecule has 16 heavy (non-hydrogen) atoms. The van der Waals surface area contributed by atoms with Crippen LogP contribution in [0.3, 0.4) is 0 Å². The zero-order valence-electron chi connectivity index (χ0n) is 10.2. The SMILES string of the molecule is C=C/C(C)=C\C=N/N1CCC(F)(F)C1.CC. The lowest BCUT2D eigenvalue weighted by atomic mass is 10.3. The molecule has 0 aromatic carbocycles. The molecule has 1 heterocycles. The first kappa shape index (κ1) is 14.8. The highest BCUT2D eigenvalue weighted by Gasteiger charge is 2.37. The van der Waals surface area contributed by atoms with Crippen molar-refractivity contribution in [3.63, 3.8) is 0 Å². The predicted octanol–water partition coefficient (Wildman–Crippen LogP) is 3.47. The second kappa shape index (κ2) is 7.14. The lowest BCUT2D eigenvalue weighted by Gasteiger charge is -2.10. The number of halogens is 2. The van der Waals surface area contributed by atoms with E-state index in [2.05, 4.69) is 11.7 Å². The predicted molar refractivity (Wildman–Crippen MR) is 64.9 cm³/mol. The van der Waals surface area contributed by atoms with Gasteiger partial charge in [-0.3, -0.25) is 5.01 Å². The van der Waals surface area contributed by atoms with Gasteiger partial charge in [0.1, 0.15) is 0 Å². The third kappa shape index (κ3) is 5.63. The molecule has 92 valence electrons. The van der Waals surface area contributed by atoms with E-state index in [1.165, 1.54) is 11.2 Å². The minimum Gasteiger partial charge on any atom is -0.291 e. The van der Waals surface area contributed by atoms with E-state index in [1.807, 2.05) is 20.8 Å². The van der Waals surface area contributed by atoms with Crippen molar-refractivity contribution in [1.29, 1.82) is 0 Å². The smallest absolute Gasteiger partial charge is 0.268 e. The Morgan fingerprint density at radius 3 is 2.50 bits per heavy atom. The van der Waals surface area contributed by atoms with Crippen molar-refractivity contribution in [3.05, 3.63) is 24.3 Å². The first-order valence-electron chi connectivity index (χ1n) is 5.49. The molecule has 1 aliphatic rings. The summed E-state index contributed by atoms with van der Waals surface area (Å²) in [6.45, 7) is 9.49. The summed E-state index contributed by atoms with van der Waals surface area (Å²) in [6, 6.07) is 0. The third-order valence-electron chi connectivity index (χ3n) is 2.04. The molecular formula is C12H20F2N2. The fourth-order valence-corrected chi connectivity index (χ4v) is 1.13. The summed E-state index contributed by atoms with van der Waals surface area (Å²) in [5.74, 6) is -2.57. The van der Waals surface area contributed by atoms with Crippen LogP contribution < -0.4 is 0 Å². The summed E-state index contributed by atoms with van der Waals surface area (Å²) >= 11 is 0. The van der Waals surface area contributed by atoms with Crippen LogP contribution in [-0.2, 0) is 0 Å². The van der Waals surface area contributed by atoms with Gasteiger partial charge in [0.25, 0.3) is 5.92 Å². The maximum Gasteiger partial charge on any atom is 0.268 e. The van der Waals surface area contributed by atoms with Gasteiger partial charge in [-0.15, -0.1) is 0 Å². The van der Waals surface area contributed by atoms with Gasteiger partial charge in [0, 0.05) is 19.2 Å². The largest absolute Gasteiger partial charge is 0.291 e. The van der Waals surface area contributed by atoms with Crippen LogP contribution in [0.5, 0.6) is 0 Å². The number of rotatable bonds is 3. The number of allylic oxidation sites excluding steroid dienone is 3. The number of hydrazone groups is 1. The van der Waals surface area contributed by atoms with Crippen LogP contribution in [0.4, 0.5) is 8.78 Å². The van der Waals surface area contributed by atoms with E-state index in [0.717, 1.165) is 5.57 Å². The van der Waals surface area contributed by atoms with Crippen molar-refractivity contribution in [2.45, 2.75) is 33.1 Å². The fourth-order valence-electron chi connectivity index (χ4n) is 1.13. The van der Waals surface area contributed by atoms with Crippen molar-refractivity contribution < 1.29 is 8.78 Å². The molecule has 4 heteroatoms. The van der Waals surface area contributed by atoms with Gasteiger partial charge < -0.3 is 0 Å². The van der Waals surface area contributed by atoms with Crippen LogP contribution in [0, 0.1) is 0 Å². The molecule has 0 spiro atoms. The van der Waals surface area contributed by atoms with Crippen LogP contribution in [0.15, 0.2) is 29.4 Å². The normalized spacial score (nSPS) is 19.6. The maximum atomic E-state index is 12.7. The van der Waals surface area contributed by atoms with Crippen LogP contribution >= 0.6 is 0 Å². The molecule has 0 N–H and O–H groups in total. The number of nitrogens with zero attached hydrogens (tertiary/aromatic N) is 2. The Bertz CT molecular complexity index is 270. The first-order chi connectivity index (χ1) is 7.53. The Morgan fingerprint density at radius 1 is 1.44 bits per heavy atom. The summed E-state index contributed by atoms with van der Waals surface area (Å²) in [5.41, 5.74) is 0.958. The van der Waals surface area contributed by atoms with Gasteiger partial charge in [0.05, 0.1) is 6.54 Å². The summed E-state index contributed by atoms with van der Waals surface area (Å²) in [4.78, 5) is 0. The molecule has 1 saturated heterocycles. The molecular weight excluding hydrogens is 210 g/mol. The molecule has 1 fully saturated rings. The Kier molecular flexibility index (Phi) is 6.61. The van der Waals surface area contributed by atoms with Gasteiger partial charge >= 0.3 is 0 Å². The minimum atomic E-state index is -2.57. The number of hydrogen-bond acceptors (Lipinski definition) is 2. The molecule has 0 aromatic heterocycles. The third-order valence-corrected chi connectivity index (χ3v) is 2.04.